The van der Waals surface area contributed by atoms with E-state index in [0.29, 0.717) is 0 Å². The van der Waals surface area contributed by atoms with Gasteiger partial charge in [0.1, 0.15) is 5.65 Å². The average molecular weight is 206 g/mol. The first-order valence-electron chi connectivity index (χ1n) is 5.68. The third kappa shape index (κ3) is 3.39. The predicted octanol–water partition coefficient (Wildman–Crippen LogP) is 4.23. The molecule has 0 fully saturated rings. The fourth-order valence-electron chi connectivity index (χ4n) is 1.24. The van der Waals surface area contributed by atoms with Crippen LogP contribution in [-0.2, 0) is 0 Å². The van der Waals surface area contributed by atoms with E-state index in [1.807, 2.05) is 40.1 Å². The minimum absolute atomic E-state index is 0.980. The molecular weight excluding hydrogens is 184 g/mol. The highest BCUT2D eigenvalue weighted by Gasteiger charge is 1.98. The number of fused-ring (bicyclic) bond motifs is 1. The SMILES string of the molecule is CC.CC.Cc1cnc2[nH]cc(C)c2c1. The number of hydrogen-bond acceptors (Lipinski definition) is 1. The molecule has 0 amide bonds. The first-order chi connectivity index (χ1) is 7.27. The molecule has 0 unspecified atom stereocenters. The molecule has 0 aliphatic carbocycles. The van der Waals surface area contributed by atoms with Crippen LogP contribution in [-0.4, -0.2) is 9.97 Å². The van der Waals surface area contributed by atoms with Crippen LogP contribution in [0.2, 0.25) is 0 Å². The van der Waals surface area contributed by atoms with Crippen molar-refractivity contribution >= 4 is 11.0 Å². The van der Waals surface area contributed by atoms with Gasteiger partial charge < -0.3 is 4.98 Å². The van der Waals surface area contributed by atoms with Gasteiger partial charge in [0.25, 0.3) is 0 Å². The summed E-state index contributed by atoms with van der Waals surface area (Å²) >= 11 is 0. The number of H-pyrrole nitrogens is 1. The van der Waals surface area contributed by atoms with Crippen molar-refractivity contribution in [2.45, 2.75) is 41.5 Å². The van der Waals surface area contributed by atoms with E-state index < -0.39 is 0 Å². The van der Waals surface area contributed by atoms with Gasteiger partial charge in [-0.15, -0.1) is 0 Å². The summed E-state index contributed by atoms with van der Waals surface area (Å²) in [6.07, 6.45) is 3.86. The van der Waals surface area contributed by atoms with Crippen molar-refractivity contribution < 1.29 is 0 Å². The smallest absolute Gasteiger partial charge is 0.137 e. The number of aromatic amines is 1. The van der Waals surface area contributed by atoms with Crippen molar-refractivity contribution in [3.8, 4) is 0 Å². The number of nitrogens with one attached hydrogen (secondary N) is 1. The van der Waals surface area contributed by atoms with E-state index in [0.717, 1.165) is 5.65 Å². The summed E-state index contributed by atoms with van der Waals surface area (Å²) in [5.74, 6) is 0. The highest BCUT2D eigenvalue weighted by atomic mass is 14.8. The lowest BCUT2D eigenvalue weighted by Gasteiger charge is -1.92. The number of pyridine rings is 1. The Morgan fingerprint density at radius 2 is 1.67 bits per heavy atom. The number of hydrogen-bond donors (Lipinski definition) is 1. The molecule has 0 aliphatic rings. The van der Waals surface area contributed by atoms with E-state index in [4.69, 9.17) is 0 Å². The maximum absolute atomic E-state index is 4.25. The molecule has 0 bridgehead atoms. The summed E-state index contributed by atoms with van der Waals surface area (Å²) in [5, 5.41) is 1.23. The summed E-state index contributed by atoms with van der Waals surface area (Å²) < 4.78 is 0. The maximum Gasteiger partial charge on any atom is 0.137 e. The van der Waals surface area contributed by atoms with Gasteiger partial charge >= 0.3 is 0 Å². The maximum atomic E-state index is 4.25. The molecule has 84 valence electrons. The van der Waals surface area contributed by atoms with Crippen LogP contribution in [0.25, 0.3) is 11.0 Å². The predicted molar refractivity (Wildman–Crippen MR) is 68.3 cm³/mol. The molecule has 1 N–H and O–H groups in total. The van der Waals surface area contributed by atoms with Crippen molar-refractivity contribution in [3.05, 3.63) is 29.6 Å². The summed E-state index contributed by atoms with van der Waals surface area (Å²) in [6, 6.07) is 2.15. The highest BCUT2D eigenvalue weighted by Crippen LogP contribution is 2.15. The van der Waals surface area contributed by atoms with Crippen LogP contribution < -0.4 is 0 Å². The Bertz CT molecular complexity index is 388. The van der Waals surface area contributed by atoms with Crippen LogP contribution in [0.4, 0.5) is 0 Å². The van der Waals surface area contributed by atoms with E-state index in [1.54, 1.807) is 0 Å². The van der Waals surface area contributed by atoms with Crippen LogP contribution in [0.5, 0.6) is 0 Å². The molecule has 0 atom stereocenters. The molecule has 0 aromatic carbocycles. The second-order valence-electron chi connectivity index (χ2n) is 2.88. The largest absolute Gasteiger partial charge is 0.346 e. The van der Waals surface area contributed by atoms with Crippen molar-refractivity contribution in [2.75, 3.05) is 0 Å². The van der Waals surface area contributed by atoms with Gasteiger partial charge in [-0.3, -0.25) is 0 Å². The van der Waals surface area contributed by atoms with E-state index in [-0.39, 0.29) is 0 Å². The summed E-state index contributed by atoms with van der Waals surface area (Å²) in [6.45, 7) is 12.1. The average Bonchev–Trinajstić information content (AvgIpc) is 2.66. The van der Waals surface area contributed by atoms with Gasteiger partial charge in [-0.25, -0.2) is 4.98 Å². The fraction of sp³-hybridized carbons (Fsp3) is 0.462. The Morgan fingerprint density at radius 1 is 1.07 bits per heavy atom. The summed E-state index contributed by atoms with van der Waals surface area (Å²) in [4.78, 5) is 7.35. The zero-order chi connectivity index (χ0) is 11.8. The van der Waals surface area contributed by atoms with Gasteiger partial charge in [0, 0.05) is 17.8 Å². The fourth-order valence-corrected chi connectivity index (χ4v) is 1.24. The second-order valence-corrected chi connectivity index (χ2v) is 2.88. The lowest BCUT2D eigenvalue weighted by atomic mass is 10.2. The lowest BCUT2D eigenvalue weighted by molar-refractivity contribution is 1.29. The number of aryl methyl sites for hydroxylation is 2. The van der Waals surface area contributed by atoms with Crippen molar-refractivity contribution in [1.82, 2.24) is 9.97 Å². The molecule has 15 heavy (non-hydrogen) atoms. The third-order valence-electron chi connectivity index (χ3n) is 1.87. The summed E-state index contributed by atoms with van der Waals surface area (Å²) in [7, 11) is 0. The van der Waals surface area contributed by atoms with Crippen LogP contribution in [0, 0.1) is 13.8 Å². The third-order valence-corrected chi connectivity index (χ3v) is 1.87. The Kier molecular flexibility index (Phi) is 6.43. The van der Waals surface area contributed by atoms with Gasteiger partial charge in [-0.2, -0.15) is 0 Å². The molecular formula is C13H22N2. The Hall–Kier alpha value is -1.31. The lowest BCUT2D eigenvalue weighted by Crippen LogP contribution is -1.78. The zero-order valence-electron chi connectivity index (χ0n) is 10.7. The van der Waals surface area contributed by atoms with Gasteiger partial charge in [-0.1, -0.05) is 27.7 Å². The van der Waals surface area contributed by atoms with Gasteiger partial charge in [-0.05, 0) is 31.0 Å². The van der Waals surface area contributed by atoms with Gasteiger partial charge in [0.05, 0.1) is 0 Å². The molecule has 0 spiro atoms. The van der Waals surface area contributed by atoms with Crippen LogP contribution in [0.1, 0.15) is 38.8 Å². The van der Waals surface area contributed by atoms with Gasteiger partial charge in [0.15, 0.2) is 0 Å². The molecule has 0 saturated heterocycles. The van der Waals surface area contributed by atoms with Crippen molar-refractivity contribution in [3.63, 3.8) is 0 Å². The first kappa shape index (κ1) is 13.7. The molecule has 2 heteroatoms. The summed E-state index contributed by atoms with van der Waals surface area (Å²) in [5.41, 5.74) is 3.45. The van der Waals surface area contributed by atoms with E-state index in [1.165, 1.54) is 16.5 Å². The Labute approximate surface area is 92.7 Å². The van der Waals surface area contributed by atoms with Crippen LogP contribution in [0.15, 0.2) is 18.5 Å². The Balaban J connectivity index is 0.000000442. The van der Waals surface area contributed by atoms with Crippen LogP contribution in [0.3, 0.4) is 0 Å². The molecule has 2 nitrogen and oxygen atoms in total. The first-order valence-corrected chi connectivity index (χ1v) is 5.68. The molecule has 2 rings (SSSR count). The normalized spacial score (nSPS) is 8.67. The number of rotatable bonds is 0. The Morgan fingerprint density at radius 3 is 2.27 bits per heavy atom. The van der Waals surface area contributed by atoms with Gasteiger partial charge in [0.2, 0.25) is 0 Å². The van der Waals surface area contributed by atoms with E-state index in [9.17, 15) is 0 Å². The molecule has 2 aromatic rings. The van der Waals surface area contributed by atoms with E-state index in [2.05, 4.69) is 29.9 Å². The molecule has 0 saturated carbocycles. The quantitative estimate of drug-likeness (QED) is 0.686. The zero-order valence-corrected chi connectivity index (χ0v) is 10.7. The minimum atomic E-state index is 0.980. The molecule has 2 aromatic heterocycles. The van der Waals surface area contributed by atoms with E-state index >= 15 is 0 Å². The highest BCUT2D eigenvalue weighted by molar-refractivity contribution is 5.79. The number of aromatic nitrogens is 2. The number of nitrogens with zero attached hydrogens (tertiary/aromatic N) is 1. The minimum Gasteiger partial charge on any atom is -0.346 e. The molecule has 2 heterocycles. The molecule has 0 aliphatic heterocycles. The second kappa shape index (κ2) is 7.04. The van der Waals surface area contributed by atoms with Crippen LogP contribution >= 0.6 is 0 Å². The van der Waals surface area contributed by atoms with Crippen molar-refractivity contribution in [2.24, 2.45) is 0 Å². The van der Waals surface area contributed by atoms with Crippen molar-refractivity contribution in [1.29, 1.82) is 0 Å². The molecule has 0 radical (unpaired) electrons. The monoisotopic (exact) mass is 206 g/mol. The topological polar surface area (TPSA) is 28.7 Å². The standard InChI is InChI=1S/C9H10N2.2C2H6/c1-6-3-8-7(2)5-11-9(8)10-4-6;2*1-2/h3-5H,1-2H3,(H,10,11);2*1-2H3.